The maximum atomic E-state index is 5.58. The molecule has 0 unspecified atom stereocenters. The third kappa shape index (κ3) is 3.06. The molecule has 0 aliphatic heterocycles. The Morgan fingerprint density at radius 3 is 2.69 bits per heavy atom. The fraction of sp³-hybridized carbons (Fsp3) is 0.667. The minimum Gasteiger partial charge on any atom is -0.396 e. The van der Waals surface area contributed by atoms with Crippen molar-refractivity contribution in [1.82, 2.24) is 9.78 Å². The Kier molecular flexibility index (Phi) is 3.76. The monoisotopic (exact) mass is 183 g/mol. The van der Waals surface area contributed by atoms with Gasteiger partial charge in [-0.2, -0.15) is 5.10 Å². The van der Waals surface area contributed by atoms with E-state index in [4.69, 9.17) is 10.5 Å². The summed E-state index contributed by atoms with van der Waals surface area (Å²) in [5.41, 5.74) is 6.19. The van der Waals surface area contributed by atoms with E-state index in [1.54, 1.807) is 17.1 Å². The zero-order valence-corrected chi connectivity index (χ0v) is 8.23. The van der Waals surface area contributed by atoms with Crippen molar-refractivity contribution in [2.24, 2.45) is 0 Å². The number of nitrogens with two attached hydrogens (primary N) is 1. The van der Waals surface area contributed by atoms with Gasteiger partial charge >= 0.3 is 0 Å². The van der Waals surface area contributed by atoms with Gasteiger partial charge in [0.05, 0.1) is 24.2 Å². The highest BCUT2D eigenvalue weighted by Gasteiger charge is 2.03. The van der Waals surface area contributed by atoms with E-state index in [0.29, 0.717) is 18.5 Å². The molecular formula is C9H17N3O. The van der Waals surface area contributed by atoms with Gasteiger partial charge in [0.25, 0.3) is 0 Å². The molecule has 0 aliphatic carbocycles. The molecule has 2 N–H and O–H groups in total. The first-order valence-electron chi connectivity index (χ1n) is 4.65. The highest BCUT2D eigenvalue weighted by molar-refractivity contribution is 5.30. The van der Waals surface area contributed by atoms with Crippen molar-refractivity contribution < 1.29 is 4.74 Å². The first kappa shape index (κ1) is 10.1. The van der Waals surface area contributed by atoms with E-state index in [9.17, 15) is 0 Å². The Morgan fingerprint density at radius 1 is 1.54 bits per heavy atom. The molecule has 0 saturated carbocycles. The van der Waals surface area contributed by atoms with Crippen molar-refractivity contribution in [1.29, 1.82) is 0 Å². The molecule has 0 aromatic carbocycles. The second-order valence-corrected chi connectivity index (χ2v) is 3.05. The predicted octanol–water partition coefficient (Wildman–Crippen LogP) is 1.63. The average Bonchev–Trinajstić information content (AvgIpc) is 2.53. The molecule has 0 saturated heterocycles. The standard InChI is InChI=1S/C9H17N3O/c1-3-9(4-2)13-7-12-6-8(10)5-11-12/h5-6,9H,3-4,7,10H2,1-2H3. The van der Waals surface area contributed by atoms with E-state index < -0.39 is 0 Å². The van der Waals surface area contributed by atoms with Gasteiger partial charge in [0.2, 0.25) is 0 Å². The van der Waals surface area contributed by atoms with Crippen LogP contribution in [0.4, 0.5) is 5.69 Å². The molecular weight excluding hydrogens is 166 g/mol. The Balaban J connectivity index is 2.33. The summed E-state index contributed by atoms with van der Waals surface area (Å²) < 4.78 is 7.29. The summed E-state index contributed by atoms with van der Waals surface area (Å²) in [6, 6.07) is 0. The number of hydrogen-bond donors (Lipinski definition) is 1. The number of nitrogens with zero attached hydrogens (tertiary/aromatic N) is 2. The van der Waals surface area contributed by atoms with Crippen LogP contribution in [0.3, 0.4) is 0 Å². The molecule has 0 radical (unpaired) electrons. The molecule has 0 aliphatic rings. The molecule has 0 bridgehead atoms. The third-order valence-corrected chi connectivity index (χ3v) is 2.01. The number of anilines is 1. The lowest BCUT2D eigenvalue weighted by Crippen LogP contribution is -2.13. The SMILES string of the molecule is CCC(CC)OCn1cc(N)cn1. The topological polar surface area (TPSA) is 53.1 Å². The van der Waals surface area contributed by atoms with Crippen LogP contribution >= 0.6 is 0 Å². The molecule has 1 rings (SSSR count). The van der Waals surface area contributed by atoms with Gasteiger partial charge in [0, 0.05) is 0 Å². The van der Waals surface area contributed by atoms with Crippen LogP contribution in [0.15, 0.2) is 12.4 Å². The first-order valence-corrected chi connectivity index (χ1v) is 4.65. The van der Waals surface area contributed by atoms with Gasteiger partial charge in [-0.05, 0) is 12.8 Å². The molecule has 0 fully saturated rings. The van der Waals surface area contributed by atoms with Crippen LogP contribution < -0.4 is 5.73 Å². The van der Waals surface area contributed by atoms with Gasteiger partial charge < -0.3 is 10.5 Å². The number of rotatable bonds is 5. The van der Waals surface area contributed by atoms with Crippen LogP contribution in [-0.2, 0) is 11.5 Å². The van der Waals surface area contributed by atoms with Gasteiger partial charge in [0.1, 0.15) is 6.73 Å². The van der Waals surface area contributed by atoms with E-state index >= 15 is 0 Å². The lowest BCUT2D eigenvalue weighted by Gasteiger charge is -2.13. The van der Waals surface area contributed by atoms with Gasteiger partial charge in [-0.25, -0.2) is 4.68 Å². The van der Waals surface area contributed by atoms with Crippen molar-refractivity contribution in [2.75, 3.05) is 5.73 Å². The predicted molar refractivity (Wildman–Crippen MR) is 52.1 cm³/mol. The molecule has 4 nitrogen and oxygen atoms in total. The first-order chi connectivity index (χ1) is 6.26. The van der Waals surface area contributed by atoms with E-state index in [-0.39, 0.29) is 0 Å². The Morgan fingerprint density at radius 2 is 2.23 bits per heavy atom. The number of hydrogen-bond acceptors (Lipinski definition) is 3. The second-order valence-electron chi connectivity index (χ2n) is 3.05. The summed E-state index contributed by atoms with van der Waals surface area (Å²) in [4.78, 5) is 0. The van der Waals surface area contributed by atoms with Crippen molar-refractivity contribution in [3.05, 3.63) is 12.4 Å². The smallest absolute Gasteiger partial charge is 0.139 e. The van der Waals surface area contributed by atoms with E-state index in [0.717, 1.165) is 12.8 Å². The van der Waals surface area contributed by atoms with E-state index in [1.165, 1.54) is 0 Å². The number of ether oxygens (including phenoxy) is 1. The lowest BCUT2D eigenvalue weighted by molar-refractivity contribution is -0.00257. The lowest BCUT2D eigenvalue weighted by atomic mass is 10.2. The summed E-state index contributed by atoms with van der Waals surface area (Å²) in [5.74, 6) is 0. The zero-order chi connectivity index (χ0) is 9.68. The third-order valence-electron chi connectivity index (χ3n) is 2.01. The molecule has 1 aromatic rings. The highest BCUT2D eigenvalue weighted by atomic mass is 16.5. The fourth-order valence-electron chi connectivity index (χ4n) is 1.16. The van der Waals surface area contributed by atoms with E-state index in [2.05, 4.69) is 18.9 Å². The largest absolute Gasteiger partial charge is 0.396 e. The van der Waals surface area contributed by atoms with Gasteiger partial charge in [-0.15, -0.1) is 0 Å². The van der Waals surface area contributed by atoms with Crippen molar-refractivity contribution >= 4 is 5.69 Å². The van der Waals surface area contributed by atoms with Crippen LogP contribution in [0.1, 0.15) is 26.7 Å². The Labute approximate surface area is 78.7 Å². The summed E-state index contributed by atoms with van der Waals surface area (Å²) in [6.07, 6.45) is 5.78. The van der Waals surface area contributed by atoms with Crippen LogP contribution in [0.2, 0.25) is 0 Å². The molecule has 4 heteroatoms. The maximum absolute atomic E-state index is 5.58. The molecule has 0 amide bonds. The van der Waals surface area contributed by atoms with Gasteiger partial charge in [0.15, 0.2) is 0 Å². The summed E-state index contributed by atoms with van der Waals surface area (Å²) in [7, 11) is 0. The highest BCUT2D eigenvalue weighted by Crippen LogP contribution is 2.05. The molecule has 74 valence electrons. The minimum absolute atomic E-state index is 0.324. The Bertz CT molecular complexity index is 243. The van der Waals surface area contributed by atoms with Gasteiger partial charge in [-0.3, -0.25) is 0 Å². The van der Waals surface area contributed by atoms with Crippen LogP contribution in [0, 0.1) is 0 Å². The minimum atomic E-state index is 0.324. The average molecular weight is 183 g/mol. The molecule has 1 aromatic heterocycles. The van der Waals surface area contributed by atoms with Crippen LogP contribution in [0.25, 0.3) is 0 Å². The summed E-state index contributed by atoms with van der Waals surface area (Å²) in [6.45, 7) is 4.72. The molecule has 0 spiro atoms. The molecule has 0 atom stereocenters. The van der Waals surface area contributed by atoms with Crippen molar-refractivity contribution in [3.8, 4) is 0 Å². The van der Waals surface area contributed by atoms with E-state index in [1.807, 2.05) is 0 Å². The zero-order valence-electron chi connectivity index (χ0n) is 8.23. The van der Waals surface area contributed by atoms with Crippen molar-refractivity contribution in [2.45, 2.75) is 39.5 Å². The maximum Gasteiger partial charge on any atom is 0.139 e. The molecule has 13 heavy (non-hydrogen) atoms. The fourth-order valence-corrected chi connectivity index (χ4v) is 1.16. The summed E-state index contributed by atoms with van der Waals surface area (Å²) in [5, 5.41) is 4.02. The Hall–Kier alpha value is -1.03. The second kappa shape index (κ2) is 4.87. The summed E-state index contributed by atoms with van der Waals surface area (Å²) >= 11 is 0. The molecule has 1 heterocycles. The van der Waals surface area contributed by atoms with Crippen LogP contribution in [0.5, 0.6) is 0 Å². The van der Waals surface area contributed by atoms with Gasteiger partial charge in [-0.1, -0.05) is 13.8 Å². The quantitative estimate of drug-likeness (QED) is 0.754. The normalized spacial score (nSPS) is 11.0. The van der Waals surface area contributed by atoms with Crippen LogP contribution in [-0.4, -0.2) is 15.9 Å². The van der Waals surface area contributed by atoms with Crippen molar-refractivity contribution in [3.63, 3.8) is 0 Å². The number of nitrogen functional groups attached to an aromatic ring is 1. The number of aromatic nitrogens is 2.